The van der Waals surface area contributed by atoms with Crippen LogP contribution in [0.4, 0.5) is 16.2 Å². The first-order valence-corrected chi connectivity index (χ1v) is 21.0. The number of amides is 3. The number of anilines is 2. The summed E-state index contributed by atoms with van der Waals surface area (Å²) >= 11 is -2.63. The van der Waals surface area contributed by atoms with Crippen molar-refractivity contribution < 1.29 is 19.1 Å². The monoisotopic (exact) mass is 561 g/mol. The molecule has 3 amide bonds. The number of para-hydroxylation sites is 1. The Hall–Kier alpha value is -2.55. The van der Waals surface area contributed by atoms with Gasteiger partial charge >= 0.3 is 201 Å². The van der Waals surface area contributed by atoms with Gasteiger partial charge in [-0.15, -0.1) is 0 Å². The molecule has 2 aromatic rings. The molecule has 2 N–H and O–H groups in total. The van der Waals surface area contributed by atoms with Gasteiger partial charge in [0.1, 0.15) is 0 Å². The molecular weight excluding hydrogens is 525 g/mol. The van der Waals surface area contributed by atoms with E-state index in [9.17, 15) is 14.4 Å². The summed E-state index contributed by atoms with van der Waals surface area (Å²) in [6.45, 7) is 6.80. The Morgan fingerprint density at radius 1 is 1.00 bits per heavy atom. The summed E-state index contributed by atoms with van der Waals surface area (Å²) < 4.78 is 6.58. The first kappa shape index (κ1) is 26.7. The standard InChI is InChI=1S/C22H26N3O4.3CH3.Sn/c1-16-9-8-10-17(13-16)24-21(28)23-14-19(26)25(18-11-6-5-7-12-18)15-20(27)29-22(2,3)4;;;;/h5-11,13H,14-15H2,1-4H3,(H2,23,24,28);3*1H3;. The van der Waals surface area contributed by atoms with Crippen LogP contribution in [-0.2, 0) is 14.3 Å². The first-order chi connectivity index (χ1) is 15.3. The molecular formula is C25H35N3O4Sn. The van der Waals surface area contributed by atoms with E-state index >= 15 is 0 Å². The number of benzene rings is 2. The molecule has 2 aromatic carbocycles. The fraction of sp³-hybridized carbons (Fsp3) is 0.400. The van der Waals surface area contributed by atoms with Gasteiger partial charge in [0.25, 0.3) is 0 Å². The Morgan fingerprint density at radius 3 is 2.27 bits per heavy atom. The Bertz CT molecular complexity index is 1010. The minimum atomic E-state index is -2.63. The van der Waals surface area contributed by atoms with Gasteiger partial charge in [-0.2, -0.15) is 0 Å². The molecule has 8 heteroatoms. The molecule has 7 nitrogen and oxygen atoms in total. The Kier molecular flexibility index (Phi) is 8.94. The maximum absolute atomic E-state index is 13.2. The molecule has 0 heterocycles. The van der Waals surface area contributed by atoms with E-state index < -0.39 is 36.0 Å². The topological polar surface area (TPSA) is 87.7 Å². The summed E-state index contributed by atoms with van der Waals surface area (Å²) in [7, 11) is 0. The van der Waals surface area contributed by atoms with Crippen LogP contribution in [0.2, 0.25) is 14.8 Å². The second kappa shape index (κ2) is 11.0. The van der Waals surface area contributed by atoms with Crippen LogP contribution in [-0.4, -0.2) is 55.0 Å². The quantitative estimate of drug-likeness (QED) is 0.396. The van der Waals surface area contributed by atoms with E-state index in [1.54, 1.807) is 26.8 Å². The summed E-state index contributed by atoms with van der Waals surface area (Å²) in [5, 5.41) is 5.33. The second-order valence-corrected chi connectivity index (χ2v) is 24.4. The molecule has 33 heavy (non-hydrogen) atoms. The van der Waals surface area contributed by atoms with Gasteiger partial charge in [0.05, 0.1) is 0 Å². The average molecular weight is 560 g/mol. The minimum absolute atomic E-state index is 0.226. The fourth-order valence-corrected chi connectivity index (χ4v) is 7.82. The van der Waals surface area contributed by atoms with Gasteiger partial charge in [-0.05, 0) is 0 Å². The average Bonchev–Trinajstić information content (AvgIpc) is 2.68. The van der Waals surface area contributed by atoms with Gasteiger partial charge in [0.15, 0.2) is 0 Å². The molecule has 0 bridgehead atoms. The molecule has 0 radical (unpaired) electrons. The van der Waals surface area contributed by atoms with Crippen LogP contribution in [0.1, 0.15) is 26.3 Å². The van der Waals surface area contributed by atoms with Crippen molar-refractivity contribution in [3.63, 3.8) is 0 Å². The molecule has 0 aliphatic heterocycles. The molecule has 178 valence electrons. The van der Waals surface area contributed by atoms with Crippen molar-refractivity contribution in [2.24, 2.45) is 0 Å². The molecule has 0 aliphatic carbocycles. The number of nitrogens with one attached hydrogen (secondary N) is 2. The summed E-state index contributed by atoms with van der Waals surface area (Å²) in [4.78, 5) is 46.4. The van der Waals surface area contributed by atoms with E-state index in [2.05, 4.69) is 25.5 Å². The SMILES string of the molecule is Cc1cccc(NC(=O)NCC(=O)N(CC(=O)OC(C)(C)C)c2cccc[c]2[Sn]([CH3])([CH3])[CH3])c1. The van der Waals surface area contributed by atoms with Gasteiger partial charge in [-0.1, -0.05) is 0 Å². The molecule has 0 unspecified atom stereocenters. The third kappa shape index (κ3) is 8.72. The third-order valence-corrected chi connectivity index (χ3v) is 10.5. The number of carbonyl (C=O) groups is 3. The molecule has 0 fully saturated rings. The molecule has 0 atom stereocenters. The van der Waals surface area contributed by atoms with Crippen LogP contribution >= 0.6 is 0 Å². The van der Waals surface area contributed by atoms with Crippen LogP contribution < -0.4 is 19.1 Å². The molecule has 0 saturated heterocycles. The molecule has 0 aliphatic rings. The van der Waals surface area contributed by atoms with Gasteiger partial charge in [0.2, 0.25) is 0 Å². The van der Waals surface area contributed by atoms with E-state index in [0.29, 0.717) is 11.4 Å². The van der Waals surface area contributed by atoms with Crippen molar-refractivity contribution in [2.45, 2.75) is 48.1 Å². The number of aryl methyl sites for hydroxylation is 1. The van der Waals surface area contributed by atoms with E-state index in [1.807, 2.05) is 49.4 Å². The molecule has 0 aromatic heterocycles. The van der Waals surface area contributed by atoms with Gasteiger partial charge in [-0.3, -0.25) is 0 Å². The Balaban J connectivity index is 2.22. The predicted octanol–water partition coefficient (Wildman–Crippen LogP) is 4.04. The maximum atomic E-state index is 13.2. The summed E-state index contributed by atoms with van der Waals surface area (Å²) in [6.07, 6.45) is 0. The van der Waals surface area contributed by atoms with E-state index in [1.165, 1.54) is 4.90 Å². The van der Waals surface area contributed by atoms with Gasteiger partial charge in [0, 0.05) is 0 Å². The molecule has 0 saturated carbocycles. The van der Waals surface area contributed by atoms with Gasteiger partial charge in [-0.25, -0.2) is 0 Å². The fourth-order valence-electron chi connectivity index (χ4n) is 3.30. The predicted molar refractivity (Wildman–Crippen MR) is 136 cm³/mol. The van der Waals surface area contributed by atoms with Gasteiger partial charge < -0.3 is 0 Å². The van der Waals surface area contributed by atoms with Crippen molar-refractivity contribution in [1.29, 1.82) is 0 Å². The zero-order chi connectivity index (χ0) is 24.8. The summed E-state index contributed by atoms with van der Waals surface area (Å²) in [5.41, 5.74) is 1.69. The Labute approximate surface area is 200 Å². The zero-order valence-electron chi connectivity index (χ0n) is 20.6. The second-order valence-electron chi connectivity index (χ2n) is 10.0. The van der Waals surface area contributed by atoms with E-state index in [-0.39, 0.29) is 19.0 Å². The van der Waals surface area contributed by atoms with Crippen LogP contribution in [0.25, 0.3) is 0 Å². The normalized spacial score (nSPS) is 11.5. The molecule has 2 rings (SSSR count). The molecule has 0 spiro atoms. The van der Waals surface area contributed by atoms with Crippen LogP contribution in [0.15, 0.2) is 48.5 Å². The van der Waals surface area contributed by atoms with E-state index in [4.69, 9.17) is 4.74 Å². The van der Waals surface area contributed by atoms with Crippen molar-refractivity contribution >= 4 is 51.2 Å². The van der Waals surface area contributed by atoms with Crippen molar-refractivity contribution in [3.8, 4) is 0 Å². The Morgan fingerprint density at radius 2 is 1.67 bits per heavy atom. The van der Waals surface area contributed by atoms with Crippen LogP contribution in [0.3, 0.4) is 0 Å². The number of rotatable bonds is 7. The van der Waals surface area contributed by atoms with Crippen molar-refractivity contribution in [3.05, 3.63) is 54.1 Å². The summed E-state index contributed by atoms with van der Waals surface area (Å²) in [5.74, 6) is -0.887. The number of ether oxygens (including phenoxy) is 1. The number of esters is 1. The van der Waals surface area contributed by atoms with E-state index in [0.717, 1.165) is 9.14 Å². The number of hydrogen-bond acceptors (Lipinski definition) is 4. The third-order valence-electron chi connectivity index (χ3n) is 4.69. The van der Waals surface area contributed by atoms with Crippen LogP contribution in [0.5, 0.6) is 0 Å². The first-order valence-electron chi connectivity index (χ1n) is 11.0. The van der Waals surface area contributed by atoms with Crippen molar-refractivity contribution in [1.82, 2.24) is 5.32 Å². The number of hydrogen-bond donors (Lipinski definition) is 2. The van der Waals surface area contributed by atoms with Crippen LogP contribution in [0, 0.1) is 6.92 Å². The number of carbonyl (C=O) groups excluding carboxylic acids is 3. The number of urea groups is 1. The zero-order valence-corrected chi connectivity index (χ0v) is 23.5. The summed E-state index contributed by atoms with van der Waals surface area (Å²) in [6, 6.07) is 14.6. The van der Waals surface area contributed by atoms with Crippen molar-refractivity contribution in [2.75, 3.05) is 23.3 Å². The number of nitrogens with zero attached hydrogens (tertiary/aromatic N) is 1.